The van der Waals surface area contributed by atoms with Crippen LogP contribution < -0.4 is 0 Å². The van der Waals surface area contributed by atoms with Gasteiger partial charge in [-0.3, -0.25) is 4.57 Å². The highest BCUT2D eigenvalue weighted by molar-refractivity contribution is 6.09. The summed E-state index contributed by atoms with van der Waals surface area (Å²) < 4.78 is 4.26. The van der Waals surface area contributed by atoms with Crippen molar-refractivity contribution in [1.82, 2.24) is 19.1 Å². The lowest BCUT2D eigenvalue weighted by Gasteiger charge is -2.07. The van der Waals surface area contributed by atoms with Gasteiger partial charge in [-0.25, -0.2) is 9.97 Å². The number of imidazole rings is 1. The fourth-order valence-corrected chi connectivity index (χ4v) is 3.49. The highest BCUT2D eigenvalue weighted by Gasteiger charge is 2.14. The standard InChI is InChI=1S/C21H16N4/c1-24-13-12-23-21(24)15-9-10-17-16-6-2-3-7-18(16)25(19(17)14-15)20-8-4-5-11-22-20/h2-14H,1H3. The molecule has 0 unspecified atom stereocenters. The van der Waals surface area contributed by atoms with Gasteiger partial charge in [-0.05, 0) is 24.3 Å². The Morgan fingerprint density at radius 2 is 1.60 bits per heavy atom. The van der Waals surface area contributed by atoms with Gasteiger partial charge >= 0.3 is 0 Å². The van der Waals surface area contributed by atoms with Crippen molar-refractivity contribution in [1.29, 1.82) is 0 Å². The fourth-order valence-electron chi connectivity index (χ4n) is 3.49. The summed E-state index contributed by atoms with van der Waals surface area (Å²) in [6, 6.07) is 21.0. The average molecular weight is 324 g/mol. The maximum Gasteiger partial charge on any atom is 0.139 e. The number of rotatable bonds is 2. The molecule has 0 fully saturated rings. The van der Waals surface area contributed by atoms with Gasteiger partial charge < -0.3 is 4.57 Å². The Bertz CT molecular complexity index is 1200. The van der Waals surface area contributed by atoms with E-state index in [1.165, 1.54) is 10.8 Å². The second kappa shape index (κ2) is 5.31. The summed E-state index contributed by atoms with van der Waals surface area (Å²) >= 11 is 0. The van der Waals surface area contributed by atoms with Crippen molar-refractivity contribution in [3.05, 3.63) is 79.3 Å². The van der Waals surface area contributed by atoms with E-state index in [1.54, 1.807) is 0 Å². The van der Waals surface area contributed by atoms with Gasteiger partial charge in [-0.15, -0.1) is 0 Å². The number of nitrogens with zero attached hydrogens (tertiary/aromatic N) is 4. The highest BCUT2D eigenvalue weighted by atomic mass is 15.1. The van der Waals surface area contributed by atoms with Crippen LogP contribution in [0.4, 0.5) is 0 Å². The zero-order valence-electron chi connectivity index (χ0n) is 13.8. The molecule has 4 heteroatoms. The summed E-state index contributed by atoms with van der Waals surface area (Å²) in [6.45, 7) is 0. The van der Waals surface area contributed by atoms with E-state index >= 15 is 0 Å². The van der Waals surface area contributed by atoms with Crippen molar-refractivity contribution in [3.8, 4) is 17.2 Å². The molecule has 5 rings (SSSR count). The first-order chi connectivity index (χ1) is 12.3. The van der Waals surface area contributed by atoms with Gasteiger partial charge in [0.1, 0.15) is 11.6 Å². The Balaban J connectivity index is 1.90. The molecule has 0 aliphatic rings. The van der Waals surface area contributed by atoms with Crippen LogP contribution >= 0.6 is 0 Å². The topological polar surface area (TPSA) is 35.6 Å². The van der Waals surface area contributed by atoms with Crippen molar-refractivity contribution in [2.75, 3.05) is 0 Å². The van der Waals surface area contributed by atoms with Crippen LogP contribution in [0.5, 0.6) is 0 Å². The minimum absolute atomic E-state index is 0.922. The van der Waals surface area contributed by atoms with Crippen LogP contribution in [-0.4, -0.2) is 19.1 Å². The molecule has 0 saturated carbocycles. The molecule has 25 heavy (non-hydrogen) atoms. The third kappa shape index (κ3) is 2.08. The predicted molar refractivity (Wildman–Crippen MR) is 101 cm³/mol. The number of pyridine rings is 1. The molecular weight excluding hydrogens is 308 g/mol. The first-order valence-electron chi connectivity index (χ1n) is 8.25. The minimum Gasteiger partial charge on any atom is -0.334 e. The van der Waals surface area contributed by atoms with Crippen molar-refractivity contribution in [3.63, 3.8) is 0 Å². The minimum atomic E-state index is 0.922. The highest BCUT2D eigenvalue weighted by Crippen LogP contribution is 2.33. The third-order valence-electron chi connectivity index (χ3n) is 4.63. The maximum atomic E-state index is 4.57. The molecule has 0 aliphatic carbocycles. The molecule has 0 saturated heterocycles. The Morgan fingerprint density at radius 3 is 2.40 bits per heavy atom. The van der Waals surface area contributed by atoms with E-state index in [9.17, 15) is 0 Å². The number of aromatic nitrogens is 4. The lowest BCUT2D eigenvalue weighted by molar-refractivity contribution is 0.925. The summed E-state index contributed by atoms with van der Waals surface area (Å²) in [5, 5.41) is 2.45. The average Bonchev–Trinajstić information content (AvgIpc) is 3.23. The van der Waals surface area contributed by atoms with Crippen LogP contribution in [0, 0.1) is 0 Å². The number of fused-ring (bicyclic) bond motifs is 3. The molecule has 2 aromatic carbocycles. The molecule has 120 valence electrons. The molecule has 5 aromatic rings. The molecular formula is C21H16N4. The lowest BCUT2D eigenvalue weighted by Crippen LogP contribution is -1.97. The summed E-state index contributed by atoms with van der Waals surface area (Å²) in [5.74, 6) is 1.88. The normalized spacial score (nSPS) is 11.4. The number of hydrogen-bond acceptors (Lipinski definition) is 2. The van der Waals surface area contributed by atoms with Gasteiger partial charge in [0.05, 0.1) is 11.0 Å². The van der Waals surface area contributed by atoms with E-state index in [1.807, 2.05) is 48.4 Å². The number of hydrogen-bond donors (Lipinski definition) is 0. The summed E-state index contributed by atoms with van der Waals surface area (Å²) in [4.78, 5) is 9.06. The summed E-state index contributed by atoms with van der Waals surface area (Å²) in [6.07, 6.45) is 5.63. The quantitative estimate of drug-likeness (QED) is 0.476. The van der Waals surface area contributed by atoms with Crippen molar-refractivity contribution < 1.29 is 0 Å². The zero-order chi connectivity index (χ0) is 16.8. The van der Waals surface area contributed by atoms with Crippen molar-refractivity contribution >= 4 is 21.8 Å². The number of para-hydroxylation sites is 1. The molecule has 0 spiro atoms. The molecule has 3 heterocycles. The van der Waals surface area contributed by atoms with Crippen LogP contribution in [0.1, 0.15) is 0 Å². The molecule has 0 bridgehead atoms. The Morgan fingerprint density at radius 1 is 0.760 bits per heavy atom. The van der Waals surface area contributed by atoms with E-state index in [4.69, 9.17) is 0 Å². The van der Waals surface area contributed by atoms with Crippen molar-refractivity contribution in [2.24, 2.45) is 7.05 Å². The van der Waals surface area contributed by atoms with Gasteiger partial charge in [0.25, 0.3) is 0 Å². The second-order valence-corrected chi connectivity index (χ2v) is 6.13. The predicted octanol–water partition coefficient (Wildman–Crippen LogP) is 4.58. The molecule has 0 aliphatic heterocycles. The van der Waals surface area contributed by atoms with Gasteiger partial charge in [-0.2, -0.15) is 0 Å². The largest absolute Gasteiger partial charge is 0.334 e. The molecule has 0 radical (unpaired) electrons. The lowest BCUT2D eigenvalue weighted by atomic mass is 10.1. The van der Waals surface area contributed by atoms with Gasteiger partial charge in [0, 0.05) is 42.0 Å². The van der Waals surface area contributed by atoms with Crippen LogP contribution in [0.25, 0.3) is 39.0 Å². The fraction of sp³-hybridized carbons (Fsp3) is 0.0476. The van der Waals surface area contributed by atoms with E-state index in [0.717, 1.165) is 28.2 Å². The third-order valence-corrected chi connectivity index (χ3v) is 4.63. The molecule has 0 amide bonds. The van der Waals surface area contributed by atoms with Crippen LogP contribution in [0.3, 0.4) is 0 Å². The van der Waals surface area contributed by atoms with Gasteiger partial charge in [0.2, 0.25) is 0 Å². The van der Waals surface area contributed by atoms with Gasteiger partial charge in [-0.1, -0.05) is 36.4 Å². The van der Waals surface area contributed by atoms with E-state index < -0.39 is 0 Å². The monoisotopic (exact) mass is 324 g/mol. The van der Waals surface area contributed by atoms with Gasteiger partial charge in [0.15, 0.2) is 0 Å². The van der Waals surface area contributed by atoms with E-state index in [2.05, 4.69) is 57.0 Å². The summed E-state index contributed by atoms with van der Waals surface area (Å²) in [5.41, 5.74) is 3.40. The molecule has 0 N–H and O–H groups in total. The summed E-state index contributed by atoms with van der Waals surface area (Å²) in [7, 11) is 2.01. The SMILES string of the molecule is Cn1ccnc1-c1ccc2c3ccccc3n(-c3ccccn3)c2c1. The Kier molecular flexibility index (Phi) is 2.97. The van der Waals surface area contributed by atoms with Crippen molar-refractivity contribution in [2.45, 2.75) is 0 Å². The first kappa shape index (κ1) is 14.0. The molecule has 0 atom stereocenters. The zero-order valence-corrected chi connectivity index (χ0v) is 13.8. The van der Waals surface area contributed by atoms with E-state index in [0.29, 0.717) is 0 Å². The van der Waals surface area contributed by atoms with Crippen LogP contribution in [0.15, 0.2) is 79.3 Å². The van der Waals surface area contributed by atoms with Crippen LogP contribution in [0.2, 0.25) is 0 Å². The number of aryl methyl sites for hydroxylation is 1. The molecule has 4 nitrogen and oxygen atoms in total. The molecule has 3 aromatic heterocycles. The maximum absolute atomic E-state index is 4.57. The Labute approximate surface area is 145 Å². The Hall–Kier alpha value is -3.40. The van der Waals surface area contributed by atoms with E-state index in [-0.39, 0.29) is 0 Å². The van der Waals surface area contributed by atoms with Crippen LogP contribution in [-0.2, 0) is 7.05 Å². The smallest absolute Gasteiger partial charge is 0.139 e. The number of benzene rings is 2. The second-order valence-electron chi connectivity index (χ2n) is 6.13. The first-order valence-corrected chi connectivity index (χ1v) is 8.25.